The molecule has 1 saturated carbocycles. The SMILES string of the molecule is Cc1nn(C)c2c(N3CCN(C(=O)C4CC4)CC3)ncnc12. The van der Waals surface area contributed by atoms with Gasteiger partial charge in [0.25, 0.3) is 0 Å². The molecule has 0 atom stereocenters. The second-order valence-electron chi connectivity index (χ2n) is 6.19. The van der Waals surface area contributed by atoms with Crippen LogP contribution in [0.4, 0.5) is 5.82 Å². The van der Waals surface area contributed by atoms with Gasteiger partial charge in [-0.15, -0.1) is 0 Å². The lowest BCUT2D eigenvalue weighted by Gasteiger charge is -2.35. The highest BCUT2D eigenvalue weighted by atomic mass is 16.2. The van der Waals surface area contributed by atoms with Crippen molar-refractivity contribution in [2.24, 2.45) is 13.0 Å². The molecule has 1 aliphatic heterocycles. The number of piperazine rings is 1. The number of rotatable bonds is 2. The van der Waals surface area contributed by atoms with Crippen molar-refractivity contribution >= 4 is 22.8 Å². The van der Waals surface area contributed by atoms with E-state index in [1.54, 1.807) is 6.33 Å². The normalized spacial score (nSPS) is 19.0. The Balaban J connectivity index is 1.57. The first-order valence-electron chi connectivity index (χ1n) is 7.83. The van der Waals surface area contributed by atoms with Gasteiger partial charge in [-0.05, 0) is 19.8 Å². The van der Waals surface area contributed by atoms with Crippen molar-refractivity contribution < 1.29 is 4.79 Å². The highest BCUT2D eigenvalue weighted by molar-refractivity contribution is 5.88. The molecule has 2 aromatic rings. The summed E-state index contributed by atoms with van der Waals surface area (Å²) >= 11 is 0. The summed E-state index contributed by atoms with van der Waals surface area (Å²) in [5.74, 6) is 1.56. The molecule has 7 heteroatoms. The molecule has 0 N–H and O–H groups in total. The van der Waals surface area contributed by atoms with E-state index < -0.39 is 0 Å². The summed E-state index contributed by atoms with van der Waals surface area (Å²) in [7, 11) is 1.93. The molecule has 2 aliphatic rings. The summed E-state index contributed by atoms with van der Waals surface area (Å²) < 4.78 is 1.85. The van der Waals surface area contributed by atoms with Gasteiger partial charge >= 0.3 is 0 Å². The molecule has 1 amide bonds. The third kappa shape index (κ3) is 2.12. The third-order valence-corrected chi connectivity index (χ3v) is 4.59. The van der Waals surface area contributed by atoms with Gasteiger partial charge in [0.05, 0.1) is 5.69 Å². The zero-order chi connectivity index (χ0) is 15.3. The van der Waals surface area contributed by atoms with Gasteiger partial charge in [-0.3, -0.25) is 9.48 Å². The molecule has 1 saturated heterocycles. The van der Waals surface area contributed by atoms with E-state index in [0.717, 1.165) is 61.6 Å². The topological polar surface area (TPSA) is 67.2 Å². The molecule has 3 heterocycles. The second kappa shape index (κ2) is 4.93. The quantitative estimate of drug-likeness (QED) is 0.818. The summed E-state index contributed by atoms with van der Waals surface area (Å²) in [6.07, 6.45) is 3.74. The summed E-state index contributed by atoms with van der Waals surface area (Å²) in [6, 6.07) is 0. The molecule has 7 nitrogen and oxygen atoms in total. The minimum Gasteiger partial charge on any atom is -0.351 e. The van der Waals surface area contributed by atoms with Crippen molar-refractivity contribution in [3.8, 4) is 0 Å². The lowest BCUT2D eigenvalue weighted by atomic mass is 10.2. The number of nitrogens with zero attached hydrogens (tertiary/aromatic N) is 6. The third-order valence-electron chi connectivity index (χ3n) is 4.59. The maximum atomic E-state index is 12.1. The Morgan fingerprint density at radius 1 is 1.18 bits per heavy atom. The van der Waals surface area contributed by atoms with Gasteiger partial charge in [-0.1, -0.05) is 0 Å². The average molecular weight is 300 g/mol. The fraction of sp³-hybridized carbons (Fsp3) is 0.600. The van der Waals surface area contributed by atoms with Crippen molar-refractivity contribution in [3.63, 3.8) is 0 Å². The molecule has 116 valence electrons. The molecule has 4 rings (SSSR count). The number of aryl methyl sites for hydroxylation is 2. The average Bonchev–Trinajstić information content (AvgIpc) is 3.34. The Kier molecular flexibility index (Phi) is 3.02. The number of fused-ring (bicyclic) bond motifs is 1. The molecule has 2 aromatic heterocycles. The molecule has 0 aromatic carbocycles. The van der Waals surface area contributed by atoms with Crippen LogP contribution in [0.3, 0.4) is 0 Å². The predicted octanol–water partition coefficient (Wildman–Crippen LogP) is 0.730. The van der Waals surface area contributed by atoms with Crippen molar-refractivity contribution in [1.29, 1.82) is 0 Å². The first-order valence-corrected chi connectivity index (χ1v) is 7.83. The summed E-state index contributed by atoms with van der Waals surface area (Å²) in [5, 5.41) is 4.44. The lowest BCUT2D eigenvalue weighted by Crippen LogP contribution is -2.49. The first-order chi connectivity index (χ1) is 10.6. The van der Waals surface area contributed by atoms with Crippen molar-refractivity contribution in [3.05, 3.63) is 12.0 Å². The number of hydrogen-bond acceptors (Lipinski definition) is 5. The van der Waals surface area contributed by atoms with Crippen LogP contribution < -0.4 is 4.90 Å². The van der Waals surface area contributed by atoms with Crippen LogP contribution in [-0.2, 0) is 11.8 Å². The van der Waals surface area contributed by atoms with Gasteiger partial charge in [0.15, 0.2) is 5.82 Å². The first kappa shape index (κ1) is 13.5. The lowest BCUT2D eigenvalue weighted by molar-refractivity contribution is -0.132. The van der Waals surface area contributed by atoms with Crippen LogP contribution in [-0.4, -0.2) is 56.7 Å². The Morgan fingerprint density at radius 2 is 1.91 bits per heavy atom. The predicted molar refractivity (Wildman–Crippen MR) is 82.6 cm³/mol. The van der Waals surface area contributed by atoms with Crippen LogP contribution in [0.15, 0.2) is 6.33 Å². The standard InChI is InChI=1S/C15H20N6O/c1-10-12-13(19(2)18-10)14(17-9-16-12)20-5-7-21(8-6-20)15(22)11-3-4-11/h9,11H,3-8H2,1-2H3. The fourth-order valence-electron chi connectivity index (χ4n) is 3.21. The number of amides is 1. The minimum absolute atomic E-state index is 0.303. The van der Waals surface area contributed by atoms with E-state index in [1.807, 2.05) is 23.6 Å². The second-order valence-corrected chi connectivity index (χ2v) is 6.19. The van der Waals surface area contributed by atoms with Crippen LogP contribution in [0.1, 0.15) is 18.5 Å². The van der Waals surface area contributed by atoms with Crippen LogP contribution in [0.25, 0.3) is 11.0 Å². The van der Waals surface area contributed by atoms with Gasteiger partial charge in [-0.2, -0.15) is 5.10 Å². The Bertz CT molecular complexity index is 727. The van der Waals surface area contributed by atoms with E-state index in [2.05, 4.69) is 20.0 Å². The monoisotopic (exact) mass is 300 g/mol. The van der Waals surface area contributed by atoms with Crippen molar-refractivity contribution in [2.45, 2.75) is 19.8 Å². The maximum Gasteiger partial charge on any atom is 0.225 e. The summed E-state index contributed by atoms with van der Waals surface area (Å²) in [6.45, 7) is 5.14. The van der Waals surface area contributed by atoms with E-state index in [-0.39, 0.29) is 0 Å². The van der Waals surface area contributed by atoms with Gasteiger partial charge in [0.2, 0.25) is 5.91 Å². The van der Waals surface area contributed by atoms with Crippen LogP contribution in [0.2, 0.25) is 0 Å². The maximum absolute atomic E-state index is 12.1. The molecule has 0 unspecified atom stereocenters. The van der Waals surface area contributed by atoms with Crippen LogP contribution >= 0.6 is 0 Å². The summed E-state index contributed by atoms with van der Waals surface area (Å²) in [5.41, 5.74) is 2.80. The highest BCUT2D eigenvalue weighted by Gasteiger charge is 2.35. The molecular formula is C15H20N6O. The van der Waals surface area contributed by atoms with E-state index >= 15 is 0 Å². The molecule has 0 bridgehead atoms. The Labute approximate surface area is 128 Å². The number of hydrogen-bond donors (Lipinski definition) is 0. The van der Waals surface area contributed by atoms with E-state index in [9.17, 15) is 4.79 Å². The van der Waals surface area contributed by atoms with Crippen molar-refractivity contribution in [2.75, 3.05) is 31.1 Å². The molecule has 0 radical (unpaired) electrons. The Hall–Kier alpha value is -2.18. The smallest absolute Gasteiger partial charge is 0.225 e. The fourth-order valence-corrected chi connectivity index (χ4v) is 3.21. The van der Waals surface area contributed by atoms with Gasteiger partial charge in [0.1, 0.15) is 17.4 Å². The molecule has 2 fully saturated rings. The largest absolute Gasteiger partial charge is 0.351 e. The van der Waals surface area contributed by atoms with Crippen LogP contribution in [0.5, 0.6) is 0 Å². The zero-order valence-electron chi connectivity index (χ0n) is 13.0. The van der Waals surface area contributed by atoms with Gasteiger partial charge in [-0.25, -0.2) is 9.97 Å². The van der Waals surface area contributed by atoms with E-state index in [4.69, 9.17) is 0 Å². The molecule has 0 spiro atoms. The van der Waals surface area contributed by atoms with Crippen molar-refractivity contribution in [1.82, 2.24) is 24.6 Å². The van der Waals surface area contributed by atoms with E-state index in [0.29, 0.717) is 11.8 Å². The molecule has 22 heavy (non-hydrogen) atoms. The molecular weight excluding hydrogens is 280 g/mol. The number of carbonyl (C=O) groups excluding carboxylic acids is 1. The minimum atomic E-state index is 0.303. The van der Waals surface area contributed by atoms with Gasteiger partial charge < -0.3 is 9.80 Å². The number of anilines is 1. The van der Waals surface area contributed by atoms with E-state index in [1.165, 1.54) is 0 Å². The van der Waals surface area contributed by atoms with Crippen LogP contribution in [0, 0.1) is 12.8 Å². The summed E-state index contributed by atoms with van der Waals surface area (Å²) in [4.78, 5) is 25.2. The zero-order valence-corrected chi connectivity index (χ0v) is 13.0. The number of aromatic nitrogens is 4. The highest BCUT2D eigenvalue weighted by Crippen LogP contribution is 2.32. The molecule has 1 aliphatic carbocycles. The Morgan fingerprint density at radius 3 is 2.59 bits per heavy atom. The van der Waals surface area contributed by atoms with Gasteiger partial charge in [0, 0.05) is 39.1 Å². The number of carbonyl (C=O) groups is 1.